The molecule has 3 fully saturated rings. The van der Waals surface area contributed by atoms with Gasteiger partial charge in [-0.1, -0.05) is 6.07 Å². The smallest absolute Gasteiger partial charge is 0.270 e. The van der Waals surface area contributed by atoms with Crippen molar-refractivity contribution in [2.24, 2.45) is 5.41 Å². The lowest BCUT2D eigenvalue weighted by Gasteiger charge is -2.66. The van der Waals surface area contributed by atoms with E-state index in [1.165, 1.54) is 10.5 Å². The number of rotatable bonds is 11. The van der Waals surface area contributed by atoms with Gasteiger partial charge in [0.05, 0.1) is 6.61 Å². The molecule has 39 heavy (non-hydrogen) atoms. The second-order valence-corrected chi connectivity index (χ2v) is 10.7. The van der Waals surface area contributed by atoms with Crippen molar-refractivity contribution in [3.63, 3.8) is 0 Å². The number of fused-ring (bicyclic) bond motifs is 2. The lowest BCUT2D eigenvalue weighted by atomic mass is 9.42. The van der Waals surface area contributed by atoms with E-state index >= 15 is 0 Å². The number of nitrogens with zero attached hydrogens (tertiary/aromatic N) is 3. The van der Waals surface area contributed by atoms with E-state index in [1.807, 2.05) is 24.4 Å². The summed E-state index contributed by atoms with van der Waals surface area (Å²) in [6.45, 7) is 2.43. The first-order valence-corrected chi connectivity index (χ1v) is 13.1. The molecule has 10 heteroatoms. The Bertz CT molecular complexity index is 1600. The summed E-state index contributed by atoms with van der Waals surface area (Å²) in [6, 6.07) is 12.3. The van der Waals surface area contributed by atoms with Crippen LogP contribution in [-0.4, -0.2) is 52.8 Å². The van der Waals surface area contributed by atoms with Crippen molar-refractivity contribution in [1.29, 1.82) is 0 Å². The molecule has 0 atom stereocenters. The molecule has 0 radical (unpaired) electrons. The number of hydrogen-bond donors (Lipinski definition) is 2. The average molecular weight is 532 g/mol. The molecule has 4 aromatic rings. The highest BCUT2D eigenvalue weighted by Crippen LogP contribution is 2.69. The van der Waals surface area contributed by atoms with Gasteiger partial charge in [0.15, 0.2) is 0 Å². The maximum absolute atomic E-state index is 13.8. The third-order valence-corrected chi connectivity index (χ3v) is 7.57. The first-order valence-electron chi connectivity index (χ1n) is 13.1. The van der Waals surface area contributed by atoms with Gasteiger partial charge in [-0.2, -0.15) is 0 Å². The van der Waals surface area contributed by atoms with Crippen LogP contribution in [0.1, 0.15) is 40.9 Å². The summed E-state index contributed by atoms with van der Waals surface area (Å²) < 4.78 is 26.3. The first kappa shape index (κ1) is 25.4. The van der Waals surface area contributed by atoms with E-state index in [-0.39, 0.29) is 23.2 Å². The van der Waals surface area contributed by atoms with Crippen molar-refractivity contribution in [2.75, 3.05) is 26.9 Å². The Labute approximate surface area is 224 Å². The fourth-order valence-electron chi connectivity index (χ4n) is 5.83. The number of carbonyl (C=O) groups excluding carboxylic acids is 1. The monoisotopic (exact) mass is 531 g/mol. The Hall–Kier alpha value is -3.89. The van der Waals surface area contributed by atoms with Crippen LogP contribution in [0.25, 0.3) is 16.6 Å². The highest BCUT2D eigenvalue weighted by Gasteiger charge is 2.68. The molecule has 3 aromatic heterocycles. The molecule has 1 aromatic carbocycles. The number of pyridine rings is 2. The van der Waals surface area contributed by atoms with Crippen molar-refractivity contribution < 1.29 is 18.7 Å². The number of alkyl halides is 1. The highest BCUT2D eigenvalue weighted by molar-refractivity contribution is 5.92. The Balaban J connectivity index is 1.18. The van der Waals surface area contributed by atoms with Gasteiger partial charge in [0.2, 0.25) is 0 Å². The molecule has 0 spiro atoms. The molecule has 3 heterocycles. The molecule has 3 aliphatic carbocycles. The number of aromatic nitrogens is 3. The van der Waals surface area contributed by atoms with E-state index in [0.717, 1.165) is 23.1 Å². The Morgan fingerprint density at radius 3 is 2.72 bits per heavy atom. The summed E-state index contributed by atoms with van der Waals surface area (Å²) in [5.41, 5.74) is 1.92. The Kier molecular flexibility index (Phi) is 6.52. The van der Waals surface area contributed by atoms with Crippen LogP contribution >= 0.6 is 0 Å². The lowest BCUT2D eigenvalue weighted by molar-refractivity contribution is -0.209. The first-order chi connectivity index (χ1) is 18.9. The summed E-state index contributed by atoms with van der Waals surface area (Å²) >= 11 is 0. The number of ether oxygens (including phenoxy) is 2. The minimum Gasteiger partial charge on any atom is -0.489 e. The number of hydrogen-bond acceptors (Lipinski definition) is 7. The Morgan fingerprint density at radius 2 is 1.92 bits per heavy atom. The molecule has 1 amide bonds. The average Bonchev–Trinajstić information content (AvgIpc) is 2.90. The van der Waals surface area contributed by atoms with Crippen LogP contribution in [0.5, 0.6) is 5.75 Å². The van der Waals surface area contributed by atoms with Crippen LogP contribution in [0.2, 0.25) is 0 Å². The third kappa shape index (κ3) is 5.09. The summed E-state index contributed by atoms with van der Waals surface area (Å²) in [5.74, 6) is 0.151. The normalized spacial score (nSPS) is 21.4. The summed E-state index contributed by atoms with van der Waals surface area (Å²) in [7, 11) is 1.61. The highest BCUT2D eigenvalue weighted by atomic mass is 19.1. The largest absolute Gasteiger partial charge is 0.489 e. The maximum Gasteiger partial charge on any atom is 0.270 e. The van der Waals surface area contributed by atoms with Gasteiger partial charge in [-0.3, -0.25) is 19.0 Å². The van der Waals surface area contributed by atoms with Gasteiger partial charge in [-0.15, -0.1) is 0 Å². The number of halogens is 1. The van der Waals surface area contributed by atoms with E-state index in [1.54, 1.807) is 31.5 Å². The molecule has 7 rings (SSSR count). The quantitative estimate of drug-likeness (QED) is 0.286. The second kappa shape index (κ2) is 10.0. The molecule has 2 bridgehead atoms. The molecular formula is C29H30FN5O4. The Morgan fingerprint density at radius 1 is 1.10 bits per heavy atom. The third-order valence-electron chi connectivity index (χ3n) is 7.57. The molecule has 0 saturated heterocycles. The molecule has 3 saturated carbocycles. The number of benzene rings is 1. The zero-order chi connectivity index (χ0) is 27.0. The summed E-state index contributed by atoms with van der Waals surface area (Å²) in [6.07, 6.45) is 5.44. The van der Waals surface area contributed by atoms with Crippen LogP contribution in [0.4, 0.5) is 4.39 Å². The van der Waals surface area contributed by atoms with Crippen LogP contribution in [-0.2, 0) is 17.8 Å². The maximum atomic E-state index is 13.8. The standard InChI is InChI=1S/C29H30FN5O4/c1-38-6-7-39-23-10-19(13-33-27(37)22-11-25(36)35-5-3-2-4-24(35)34-22)8-21-9-20(14-32-26(21)23)12-31-18-28-15-29(30,16-28)17-28/h2-5,8-11,14,31H,6-7,12-13,15-18H2,1H3,(H,33,37). The molecule has 3 aliphatic rings. The van der Waals surface area contributed by atoms with Crippen molar-refractivity contribution >= 4 is 22.5 Å². The fourth-order valence-corrected chi connectivity index (χ4v) is 5.83. The number of carbonyl (C=O) groups is 1. The number of amides is 1. The van der Waals surface area contributed by atoms with Gasteiger partial charge in [0.25, 0.3) is 11.5 Å². The lowest BCUT2D eigenvalue weighted by Crippen LogP contribution is -2.67. The van der Waals surface area contributed by atoms with Gasteiger partial charge in [0, 0.05) is 50.6 Å². The van der Waals surface area contributed by atoms with Crippen molar-refractivity contribution in [1.82, 2.24) is 25.0 Å². The van der Waals surface area contributed by atoms with Gasteiger partial charge >= 0.3 is 0 Å². The van der Waals surface area contributed by atoms with Crippen LogP contribution in [0, 0.1) is 5.41 Å². The zero-order valence-corrected chi connectivity index (χ0v) is 21.7. The summed E-state index contributed by atoms with van der Waals surface area (Å²) in [4.78, 5) is 34.2. The van der Waals surface area contributed by atoms with E-state index in [0.29, 0.717) is 55.9 Å². The predicted molar refractivity (Wildman–Crippen MR) is 144 cm³/mol. The molecule has 0 aliphatic heterocycles. The number of nitrogens with one attached hydrogen (secondary N) is 2. The molecular weight excluding hydrogens is 501 g/mol. The zero-order valence-electron chi connectivity index (χ0n) is 21.7. The van der Waals surface area contributed by atoms with E-state index in [4.69, 9.17) is 9.47 Å². The van der Waals surface area contributed by atoms with Gasteiger partial charge in [-0.05, 0) is 66.1 Å². The van der Waals surface area contributed by atoms with Crippen LogP contribution < -0.4 is 20.9 Å². The van der Waals surface area contributed by atoms with E-state index in [2.05, 4.69) is 20.6 Å². The van der Waals surface area contributed by atoms with Crippen molar-refractivity contribution in [2.45, 2.75) is 38.0 Å². The van der Waals surface area contributed by atoms with Gasteiger partial charge in [-0.25, -0.2) is 9.37 Å². The van der Waals surface area contributed by atoms with E-state index in [9.17, 15) is 14.0 Å². The molecule has 9 nitrogen and oxygen atoms in total. The minimum atomic E-state index is -0.891. The van der Waals surface area contributed by atoms with Crippen LogP contribution in [0.3, 0.4) is 0 Å². The van der Waals surface area contributed by atoms with E-state index < -0.39 is 11.6 Å². The molecule has 2 N–H and O–H groups in total. The minimum absolute atomic E-state index is 0.0565. The van der Waals surface area contributed by atoms with Crippen LogP contribution in [0.15, 0.2) is 59.7 Å². The van der Waals surface area contributed by atoms with Crippen molar-refractivity contribution in [3.8, 4) is 5.75 Å². The topological polar surface area (TPSA) is 107 Å². The summed E-state index contributed by atoms with van der Waals surface area (Å²) in [5, 5.41) is 7.20. The fraction of sp³-hybridized carbons (Fsp3) is 0.379. The predicted octanol–water partition coefficient (Wildman–Crippen LogP) is 3.18. The van der Waals surface area contributed by atoms with Gasteiger partial charge in [0.1, 0.15) is 34.9 Å². The number of methoxy groups -OCH3 is 1. The van der Waals surface area contributed by atoms with Crippen molar-refractivity contribution in [3.05, 3.63) is 82.0 Å². The molecule has 202 valence electrons. The van der Waals surface area contributed by atoms with Gasteiger partial charge < -0.3 is 20.1 Å². The molecule has 0 unspecified atom stereocenters. The SMILES string of the molecule is COCCOc1cc(CNC(=O)c2cc(=O)n3ccccc3n2)cc2cc(CNCC34CC(F)(C3)C4)cnc12. The second-order valence-electron chi connectivity index (χ2n) is 10.7.